The van der Waals surface area contributed by atoms with Gasteiger partial charge < -0.3 is 20.1 Å². The number of hydrogen-bond acceptors (Lipinski definition) is 6. The number of pyridine rings is 1. The summed E-state index contributed by atoms with van der Waals surface area (Å²) in [6.45, 7) is 0.419. The van der Waals surface area contributed by atoms with Gasteiger partial charge >= 0.3 is 0 Å². The molecule has 0 saturated heterocycles. The van der Waals surface area contributed by atoms with E-state index in [0.717, 1.165) is 16.3 Å². The minimum Gasteiger partial charge on any atom is -0.468 e. The van der Waals surface area contributed by atoms with E-state index in [1.54, 1.807) is 29.4 Å². The van der Waals surface area contributed by atoms with E-state index in [9.17, 15) is 4.79 Å². The van der Waals surface area contributed by atoms with Crippen LogP contribution >= 0.6 is 0 Å². The normalized spacial score (nSPS) is 18.6. The van der Waals surface area contributed by atoms with Crippen molar-refractivity contribution in [1.82, 2.24) is 9.88 Å². The van der Waals surface area contributed by atoms with Gasteiger partial charge in [0.2, 0.25) is 5.88 Å². The number of ether oxygens (including phenoxy) is 2. The summed E-state index contributed by atoms with van der Waals surface area (Å²) in [5.41, 5.74) is 6.84. The lowest BCUT2D eigenvalue weighted by molar-refractivity contribution is -0.115. The number of allylic oxidation sites excluding steroid dienone is 2. The molecule has 28 heavy (non-hydrogen) atoms. The van der Waals surface area contributed by atoms with Gasteiger partial charge in [0, 0.05) is 24.0 Å². The molecule has 140 valence electrons. The van der Waals surface area contributed by atoms with Crippen molar-refractivity contribution in [2.45, 2.75) is 6.10 Å². The molecule has 7 heteroatoms. The molecule has 2 aliphatic rings. The monoisotopic (exact) mass is 374 g/mol. The Hall–Kier alpha value is -3.87. The number of benzene rings is 1. The maximum absolute atomic E-state index is 11.8. The highest BCUT2D eigenvalue weighted by molar-refractivity contribution is 5.92. The molecule has 0 fully saturated rings. The van der Waals surface area contributed by atoms with E-state index in [4.69, 9.17) is 15.2 Å². The van der Waals surface area contributed by atoms with Gasteiger partial charge in [-0.1, -0.05) is 24.3 Å². The molecular weight excluding hydrogens is 356 g/mol. The Balaban J connectivity index is 1.76. The lowest BCUT2D eigenvalue weighted by atomic mass is 10.1. The predicted octanol–water partition coefficient (Wildman–Crippen LogP) is 2.72. The third-order valence-electron chi connectivity index (χ3n) is 4.31. The first-order valence-electron chi connectivity index (χ1n) is 8.71. The van der Waals surface area contributed by atoms with Crippen LogP contribution in [0.3, 0.4) is 0 Å². The molecule has 0 aliphatic carbocycles. The number of carbonyl (C=O) groups is 1. The van der Waals surface area contributed by atoms with E-state index >= 15 is 0 Å². The Bertz CT molecular complexity index is 1050. The highest BCUT2D eigenvalue weighted by atomic mass is 16.5. The van der Waals surface area contributed by atoms with Crippen molar-refractivity contribution < 1.29 is 14.3 Å². The van der Waals surface area contributed by atoms with Gasteiger partial charge in [0.1, 0.15) is 11.8 Å². The van der Waals surface area contributed by atoms with Crippen LogP contribution in [-0.4, -0.2) is 34.8 Å². The number of nitrogens with two attached hydrogens (primary N) is 1. The number of carbonyl (C=O) groups excluding carboxylic acids is 1. The SMILES string of the molecule is NC(=O)C1=CC2CN1C=CN=COC=CC=Cc1ccc3ccnc(c3c1)O2. The molecule has 1 aromatic heterocycles. The van der Waals surface area contributed by atoms with Crippen molar-refractivity contribution in [1.29, 1.82) is 0 Å². The van der Waals surface area contributed by atoms with Gasteiger partial charge in [-0.2, -0.15) is 0 Å². The average Bonchev–Trinajstić information content (AvgIpc) is 3.09. The second kappa shape index (κ2) is 7.79. The average molecular weight is 374 g/mol. The van der Waals surface area contributed by atoms with Crippen LogP contribution in [0, 0.1) is 0 Å². The Kier molecular flexibility index (Phi) is 4.88. The molecule has 2 aromatic rings. The highest BCUT2D eigenvalue weighted by Gasteiger charge is 2.27. The number of nitrogens with zero attached hydrogens (tertiary/aromatic N) is 3. The third kappa shape index (κ3) is 3.78. The van der Waals surface area contributed by atoms with Crippen LogP contribution < -0.4 is 10.5 Å². The zero-order valence-corrected chi connectivity index (χ0v) is 14.9. The number of primary amides is 1. The van der Waals surface area contributed by atoms with Crippen LogP contribution in [-0.2, 0) is 9.53 Å². The molecule has 0 saturated carbocycles. The van der Waals surface area contributed by atoms with E-state index < -0.39 is 5.91 Å². The molecule has 2 aliphatic heterocycles. The summed E-state index contributed by atoms with van der Waals surface area (Å²) < 4.78 is 11.3. The zero-order valence-electron chi connectivity index (χ0n) is 14.9. The Morgan fingerprint density at radius 3 is 3.07 bits per heavy atom. The number of aromatic nitrogens is 1. The van der Waals surface area contributed by atoms with Gasteiger partial charge in [0.25, 0.3) is 5.91 Å². The van der Waals surface area contributed by atoms with Crippen LogP contribution in [0.2, 0.25) is 0 Å². The van der Waals surface area contributed by atoms with Gasteiger partial charge in [-0.25, -0.2) is 9.98 Å². The summed E-state index contributed by atoms with van der Waals surface area (Å²) in [4.78, 5) is 21.9. The number of fused-ring (bicyclic) bond motifs is 3. The molecule has 1 unspecified atom stereocenters. The van der Waals surface area contributed by atoms with Crippen LogP contribution in [0.5, 0.6) is 5.88 Å². The summed E-state index contributed by atoms with van der Waals surface area (Å²) in [7, 11) is 0. The lowest BCUT2D eigenvalue weighted by Gasteiger charge is -2.17. The first-order chi connectivity index (χ1) is 13.7. The quantitative estimate of drug-likeness (QED) is 0.829. The van der Waals surface area contributed by atoms with Crippen LogP contribution in [0.1, 0.15) is 5.56 Å². The first-order valence-corrected chi connectivity index (χ1v) is 8.71. The number of hydrogen-bond donors (Lipinski definition) is 1. The van der Waals surface area contributed by atoms with E-state index in [1.165, 1.54) is 18.9 Å². The van der Waals surface area contributed by atoms with Crippen molar-refractivity contribution in [2.24, 2.45) is 10.7 Å². The molecular formula is C21H18N4O3. The maximum atomic E-state index is 11.8. The third-order valence-corrected chi connectivity index (χ3v) is 4.31. The second-order valence-corrected chi connectivity index (χ2v) is 6.20. The number of amides is 1. The summed E-state index contributed by atoms with van der Waals surface area (Å²) in [5, 5.41) is 1.90. The Morgan fingerprint density at radius 1 is 1.25 bits per heavy atom. The zero-order chi connectivity index (χ0) is 19.3. The minimum atomic E-state index is -0.536. The van der Waals surface area contributed by atoms with Gasteiger partial charge in [0.05, 0.1) is 12.8 Å². The standard InChI is InChI=1S/C21H18N4O3/c22-20(26)19-12-17-13-25(19)9-8-23-14-27-10-2-1-3-15-4-5-16-6-7-24-21(28-17)18(16)11-15/h1-12,14,17H,13H2,(H2,22,26). The summed E-state index contributed by atoms with van der Waals surface area (Å²) in [6.07, 6.45) is 14.6. The van der Waals surface area contributed by atoms with Crippen LogP contribution in [0.15, 0.2) is 78.0 Å². The molecule has 4 bridgehead atoms. The smallest absolute Gasteiger partial charge is 0.265 e. The maximum Gasteiger partial charge on any atom is 0.265 e. The van der Waals surface area contributed by atoms with Gasteiger partial charge in [-0.05, 0) is 35.2 Å². The van der Waals surface area contributed by atoms with Gasteiger partial charge in [-0.3, -0.25) is 4.79 Å². The van der Waals surface area contributed by atoms with Crippen LogP contribution in [0.25, 0.3) is 16.8 Å². The first kappa shape index (κ1) is 17.5. The molecule has 3 heterocycles. The molecule has 1 amide bonds. The van der Waals surface area contributed by atoms with E-state index in [-0.39, 0.29) is 6.10 Å². The van der Waals surface area contributed by atoms with Crippen molar-refractivity contribution in [3.8, 4) is 5.88 Å². The fourth-order valence-electron chi connectivity index (χ4n) is 3.03. The summed E-state index contributed by atoms with van der Waals surface area (Å²) in [5.74, 6) is -0.0310. The molecule has 2 N–H and O–H groups in total. The largest absolute Gasteiger partial charge is 0.468 e. The van der Waals surface area contributed by atoms with Gasteiger partial charge in [0.15, 0.2) is 6.40 Å². The van der Waals surface area contributed by atoms with E-state index in [0.29, 0.717) is 18.1 Å². The topological polar surface area (TPSA) is 90.0 Å². The molecule has 4 rings (SSSR count). The highest BCUT2D eigenvalue weighted by Crippen LogP contribution is 2.28. The molecule has 0 spiro atoms. The molecule has 0 radical (unpaired) electrons. The fourth-order valence-corrected chi connectivity index (χ4v) is 3.03. The fraction of sp³-hybridized carbons (Fsp3) is 0.0952. The van der Waals surface area contributed by atoms with Gasteiger partial charge in [-0.15, -0.1) is 0 Å². The lowest BCUT2D eigenvalue weighted by Crippen LogP contribution is -2.27. The predicted molar refractivity (Wildman–Crippen MR) is 107 cm³/mol. The Morgan fingerprint density at radius 2 is 2.18 bits per heavy atom. The summed E-state index contributed by atoms with van der Waals surface area (Å²) in [6, 6.07) is 7.96. The number of aliphatic imine (C=N–C) groups is 1. The van der Waals surface area contributed by atoms with Crippen molar-refractivity contribution >= 4 is 29.2 Å². The summed E-state index contributed by atoms with van der Waals surface area (Å²) >= 11 is 0. The second-order valence-electron chi connectivity index (χ2n) is 6.20. The van der Waals surface area contributed by atoms with E-state index in [2.05, 4.69) is 9.98 Å². The number of rotatable bonds is 1. The Labute approximate surface area is 161 Å². The van der Waals surface area contributed by atoms with Crippen molar-refractivity contribution in [2.75, 3.05) is 6.54 Å². The molecule has 1 aromatic carbocycles. The van der Waals surface area contributed by atoms with E-state index in [1.807, 2.05) is 36.4 Å². The minimum absolute atomic E-state index is 0.349. The van der Waals surface area contributed by atoms with Crippen molar-refractivity contribution in [3.63, 3.8) is 0 Å². The molecule has 1 atom stereocenters. The van der Waals surface area contributed by atoms with Crippen molar-refractivity contribution in [3.05, 3.63) is 78.6 Å². The molecule has 7 nitrogen and oxygen atoms in total. The van der Waals surface area contributed by atoms with Crippen LogP contribution in [0.4, 0.5) is 0 Å².